The molecule has 1 aliphatic carbocycles. The molecule has 1 fully saturated rings. The number of hydrogen-bond donors (Lipinski definition) is 2. The van der Waals surface area contributed by atoms with E-state index in [-0.39, 0.29) is 6.10 Å². The summed E-state index contributed by atoms with van der Waals surface area (Å²) in [5, 5.41) is 14.2. The average Bonchev–Trinajstić information content (AvgIpc) is 2.64. The largest absolute Gasteiger partial charge is 0.392 e. The quantitative estimate of drug-likeness (QED) is 0.786. The molecule has 0 bridgehead atoms. The molecule has 3 nitrogen and oxygen atoms in total. The molecule has 1 aromatic rings. The highest BCUT2D eigenvalue weighted by molar-refractivity contribution is 7.11. The van der Waals surface area contributed by atoms with Crippen molar-refractivity contribution in [2.75, 3.05) is 6.54 Å². The molecule has 1 unspecified atom stereocenters. The van der Waals surface area contributed by atoms with Crippen LogP contribution in [0.15, 0.2) is 6.20 Å². The van der Waals surface area contributed by atoms with Crippen LogP contribution in [0.3, 0.4) is 0 Å². The molecule has 0 amide bonds. The van der Waals surface area contributed by atoms with Crippen LogP contribution >= 0.6 is 11.3 Å². The first-order valence-corrected chi connectivity index (χ1v) is 7.44. The molecule has 17 heavy (non-hydrogen) atoms. The summed E-state index contributed by atoms with van der Waals surface area (Å²) in [6.45, 7) is 3.62. The zero-order valence-electron chi connectivity index (χ0n) is 10.5. The minimum absolute atomic E-state index is 0.209. The summed E-state index contributed by atoms with van der Waals surface area (Å²) >= 11 is 1.83. The Morgan fingerprint density at radius 3 is 3.06 bits per heavy atom. The van der Waals surface area contributed by atoms with Gasteiger partial charge < -0.3 is 10.4 Å². The fourth-order valence-corrected chi connectivity index (χ4v) is 3.10. The lowest BCUT2D eigenvalue weighted by atomic mass is 9.86. The van der Waals surface area contributed by atoms with Gasteiger partial charge in [-0.25, -0.2) is 4.98 Å². The maximum atomic E-state index is 9.59. The van der Waals surface area contributed by atoms with Crippen LogP contribution in [0.1, 0.15) is 54.8 Å². The number of aliphatic hydroxyl groups excluding tert-OH is 1. The summed E-state index contributed by atoms with van der Waals surface area (Å²) in [6.07, 6.45) is 7.68. The average molecular weight is 254 g/mol. The molecule has 0 aliphatic heterocycles. The Balaban J connectivity index is 1.69. The fourth-order valence-electron chi connectivity index (χ4n) is 2.05. The molecule has 96 valence electrons. The molecule has 1 atom stereocenters. The molecule has 0 spiro atoms. The van der Waals surface area contributed by atoms with Crippen LogP contribution in [0.5, 0.6) is 0 Å². The Kier molecular flexibility index (Phi) is 4.95. The number of nitrogens with zero attached hydrogens (tertiary/aromatic N) is 1. The van der Waals surface area contributed by atoms with Gasteiger partial charge in [-0.1, -0.05) is 19.8 Å². The number of nitrogens with one attached hydrogen (secondary N) is 1. The third-order valence-corrected chi connectivity index (χ3v) is 4.49. The van der Waals surface area contributed by atoms with E-state index in [1.165, 1.54) is 29.1 Å². The minimum Gasteiger partial charge on any atom is -0.392 e. The highest BCUT2D eigenvalue weighted by Gasteiger charge is 2.22. The van der Waals surface area contributed by atoms with Crippen molar-refractivity contribution in [3.05, 3.63) is 16.1 Å². The van der Waals surface area contributed by atoms with Gasteiger partial charge in [0, 0.05) is 30.1 Å². The molecule has 4 heteroatoms. The predicted octanol–water partition coefficient (Wildman–Crippen LogP) is 2.66. The second-order valence-electron chi connectivity index (χ2n) is 4.87. The van der Waals surface area contributed by atoms with Crippen LogP contribution in [0.25, 0.3) is 0 Å². The van der Waals surface area contributed by atoms with Crippen LogP contribution in [0, 0.1) is 0 Å². The van der Waals surface area contributed by atoms with Crippen LogP contribution in [-0.2, 0) is 6.54 Å². The van der Waals surface area contributed by atoms with E-state index in [2.05, 4.69) is 17.2 Å². The Morgan fingerprint density at radius 2 is 2.41 bits per heavy atom. The summed E-state index contributed by atoms with van der Waals surface area (Å²) in [5.41, 5.74) is 0. The van der Waals surface area contributed by atoms with Gasteiger partial charge in [0.25, 0.3) is 0 Å². The summed E-state index contributed by atoms with van der Waals surface area (Å²) in [6, 6.07) is 0. The molecule has 1 aromatic heterocycles. The van der Waals surface area contributed by atoms with Gasteiger partial charge in [-0.2, -0.15) is 0 Å². The predicted molar refractivity (Wildman–Crippen MR) is 71.3 cm³/mol. The SMILES string of the molecule is CCCC(O)CNCc1cnc(C2CCC2)s1. The topological polar surface area (TPSA) is 45.1 Å². The zero-order chi connectivity index (χ0) is 12.1. The van der Waals surface area contributed by atoms with E-state index in [1.807, 2.05) is 17.5 Å². The molecule has 1 aliphatic rings. The zero-order valence-corrected chi connectivity index (χ0v) is 11.3. The highest BCUT2D eigenvalue weighted by atomic mass is 32.1. The molecule has 2 rings (SSSR count). The van der Waals surface area contributed by atoms with Crippen LogP contribution < -0.4 is 5.32 Å². The molecular formula is C13H22N2OS. The van der Waals surface area contributed by atoms with Crippen molar-refractivity contribution < 1.29 is 5.11 Å². The summed E-state index contributed by atoms with van der Waals surface area (Å²) in [4.78, 5) is 5.78. The summed E-state index contributed by atoms with van der Waals surface area (Å²) in [5.74, 6) is 0.736. The number of hydrogen-bond acceptors (Lipinski definition) is 4. The van der Waals surface area contributed by atoms with E-state index >= 15 is 0 Å². The van der Waals surface area contributed by atoms with Crippen LogP contribution in [0.2, 0.25) is 0 Å². The van der Waals surface area contributed by atoms with E-state index in [1.54, 1.807) is 0 Å². The Hall–Kier alpha value is -0.450. The van der Waals surface area contributed by atoms with Gasteiger partial charge in [-0.15, -0.1) is 11.3 Å². The van der Waals surface area contributed by atoms with Crippen molar-refractivity contribution in [2.24, 2.45) is 0 Å². The Labute approximate surface area is 107 Å². The van der Waals surface area contributed by atoms with Crippen molar-refractivity contribution >= 4 is 11.3 Å². The molecule has 2 N–H and O–H groups in total. The van der Waals surface area contributed by atoms with Crippen molar-refractivity contribution in [1.29, 1.82) is 0 Å². The van der Waals surface area contributed by atoms with Crippen molar-refractivity contribution in [1.82, 2.24) is 10.3 Å². The Morgan fingerprint density at radius 1 is 1.59 bits per heavy atom. The number of rotatable bonds is 7. The van der Waals surface area contributed by atoms with Crippen LogP contribution in [0.4, 0.5) is 0 Å². The highest BCUT2D eigenvalue weighted by Crippen LogP contribution is 2.38. The fraction of sp³-hybridized carbons (Fsp3) is 0.769. The minimum atomic E-state index is -0.209. The van der Waals surface area contributed by atoms with Gasteiger partial charge in [0.1, 0.15) is 0 Å². The third-order valence-electron chi connectivity index (χ3n) is 3.33. The number of thiazole rings is 1. The third kappa shape index (κ3) is 3.76. The molecule has 0 aromatic carbocycles. The van der Waals surface area contributed by atoms with Crippen molar-refractivity contribution in [3.8, 4) is 0 Å². The molecular weight excluding hydrogens is 232 g/mol. The standard InChI is InChI=1S/C13H22N2OS/c1-2-4-11(16)7-14-8-12-9-15-13(17-12)10-5-3-6-10/h9-11,14,16H,2-8H2,1H3. The first kappa shape index (κ1) is 13.0. The van der Waals surface area contributed by atoms with E-state index in [4.69, 9.17) is 0 Å². The molecule has 1 saturated carbocycles. The maximum Gasteiger partial charge on any atom is 0.0959 e. The lowest BCUT2D eigenvalue weighted by molar-refractivity contribution is 0.160. The summed E-state index contributed by atoms with van der Waals surface area (Å²) in [7, 11) is 0. The number of aliphatic hydroxyl groups is 1. The van der Waals surface area contributed by atoms with Gasteiger partial charge in [0.15, 0.2) is 0 Å². The van der Waals surface area contributed by atoms with E-state index in [0.717, 1.165) is 25.3 Å². The van der Waals surface area contributed by atoms with Gasteiger partial charge in [0.05, 0.1) is 11.1 Å². The van der Waals surface area contributed by atoms with E-state index in [0.29, 0.717) is 6.54 Å². The number of aromatic nitrogens is 1. The van der Waals surface area contributed by atoms with Gasteiger partial charge >= 0.3 is 0 Å². The normalized spacial score (nSPS) is 18.0. The molecule has 1 heterocycles. The molecule has 0 radical (unpaired) electrons. The van der Waals surface area contributed by atoms with Gasteiger partial charge in [0.2, 0.25) is 0 Å². The van der Waals surface area contributed by atoms with E-state index in [9.17, 15) is 5.11 Å². The van der Waals surface area contributed by atoms with E-state index < -0.39 is 0 Å². The maximum absolute atomic E-state index is 9.59. The summed E-state index contributed by atoms with van der Waals surface area (Å²) < 4.78 is 0. The lowest BCUT2D eigenvalue weighted by Gasteiger charge is -2.22. The first-order chi connectivity index (χ1) is 8.29. The second-order valence-corrected chi connectivity index (χ2v) is 6.01. The lowest BCUT2D eigenvalue weighted by Crippen LogP contribution is -2.25. The van der Waals surface area contributed by atoms with Gasteiger partial charge in [-0.3, -0.25) is 0 Å². The van der Waals surface area contributed by atoms with Crippen LogP contribution in [-0.4, -0.2) is 22.7 Å². The monoisotopic (exact) mass is 254 g/mol. The smallest absolute Gasteiger partial charge is 0.0959 e. The van der Waals surface area contributed by atoms with Crippen molar-refractivity contribution in [3.63, 3.8) is 0 Å². The first-order valence-electron chi connectivity index (χ1n) is 6.63. The second kappa shape index (κ2) is 6.47. The molecule has 0 saturated heterocycles. The Bertz CT molecular complexity index is 336. The van der Waals surface area contributed by atoms with Gasteiger partial charge in [-0.05, 0) is 19.3 Å². The van der Waals surface area contributed by atoms with Crippen molar-refractivity contribution in [2.45, 2.75) is 57.6 Å².